The molecule has 0 spiro atoms. The van der Waals surface area contributed by atoms with Crippen LogP contribution in [0.2, 0.25) is 0 Å². The first kappa shape index (κ1) is 26.6. The van der Waals surface area contributed by atoms with Gasteiger partial charge in [-0.05, 0) is 79.6 Å². The number of allylic oxidation sites excluding steroid dienone is 1. The Morgan fingerprint density at radius 1 is 1.15 bits per heavy atom. The van der Waals surface area contributed by atoms with Crippen LogP contribution in [0.4, 0.5) is 0 Å². The Bertz CT molecular complexity index is 867. The molecule has 0 heterocycles. The first-order chi connectivity index (χ1) is 15.1. The Hall–Kier alpha value is -1.02. The molecule has 0 saturated heterocycles. The van der Waals surface area contributed by atoms with Crippen LogP contribution in [0.5, 0.6) is 0 Å². The number of ether oxygens (including phenoxy) is 1. The van der Waals surface area contributed by atoms with Crippen molar-refractivity contribution < 1.29 is 63.7 Å². The molecule has 0 aromatic rings. The van der Waals surface area contributed by atoms with Crippen LogP contribution in [0.15, 0.2) is 11.6 Å². The van der Waals surface area contributed by atoms with Crippen LogP contribution < -0.4 is 34.7 Å². The van der Waals surface area contributed by atoms with Gasteiger partial charge in [0.1, 0.15) is 6.61 Å². The Morgan fingerprint density at radius 3 is 2.58 bits per heavy atom. The zero-order valence-corrected chi connectivity index (χ0v) is 21.9. The zero-order valence-electron chi connectivity index (χ0n) is 19.9. The predicted octanol–water partition coefficient (Wildman–Crippen LogP) is -1.25. The summed E-state index contributed by atoms with van der Waals surface area (Å²) in [5.74, 6) is -1.55. The van der Waals surface area contributed by atoms with Crippen LogP contribution in [0.3, 0.4) is 0 Å². The van der Waals surface area contributed by atoms with Crippen molar-refractivity contribution >= 4 is 23.5 Å². The maximum absolute atomic E-state index is 13.0. The van der Waals surface area contributed by atoms with E-state index in [0.29, 0.717) is 31.1 Å². The van der Waals surface area contributed by atoms with E-state index in [1.165, 1.54) is 5.57 Å². The number of Topliss-reactive ketones (excluding diaryl/α,β-unsaturated/α-hetero) is 1. The second kappa shape index (κ2) is 9.92. The number of carboxylic acid groups (broad SMARTS) is 1. The molecule has 8 heteroatoms. The number of aliphatic carboxylic acids is 1. The number of carbonyl (C=O) groups is 4. The molecule has 33 heavy (non-hydrogen) atoms. The number of carboxylic acids is 1. The third kappa shape index (κ3) is 4.75. The number of aliphatic hydroxyl groups is 1. The van der Waals surface area contributed by atoms with E-state index in [-0.39, 0.29) is 76.8 Å². The van der Waals surface area contributed by atoms with E-state index >= 15 is 0 Å². The molecule has 0 aromatic heterocycles. The SMILES string of the molecule is CC12CCC(=O)C=C1CCC1C2C(O)CC2(C)C(C(=O)COC(=O)CCC(=O)[O-])CCC12.[Na+]. The maximum Gasteiger partial charge on any atom is 1.00 e. The fourth-order valence-electron chi connectivity index (χ4n) is 7.74. The topological polar surface area (TPSA) is 121 Å². The van der Waals surface area contributed by atoms with Gasteiger partial charge in [0.25, 0.3) is 0 Å². The van der Waals surface area contributed by atoms with Crippen molar-refractivity contribution in [1.82, 2.24) is 0 Å². The van der Waals surface area contributed by atoms with E-state index in [2.05, 4.69) is 13.8 Å². The number of hydrogen-bond donors (Lipinski definition) is 1. The minimum atomic E-state index is -1.33. The minimum absolute atomic E-state index is 0. The van der Waals surface area contributed by atoms with Crippen LogP contribution in [0.25, 0.3) is 0 Å². The van der Waals surface area contributed by atoms with Gasteiger partial charge in [0, 0.05) is 18.3 Å². The van der Waals surface area contributed by atoms with Crippen LogP contribution in [0.1, 0.15) is 71.6 Å². The number of hydrogen-bond acceptors (Lipinski definition) is 7. The van der Waals surface area contributed by atoms with E-state index in [4.69, 9.17) is 4.74 Å². The number of rotatable bonds is 6. The maximum atomic E-state index is 13.0. The number of esters is 1. The zero-order chi connectivity index (χ0) is 23.3. The van der Waals surface area contributed by atoms with Crippen molar-refractivity contribution in [2.75, 3.05) is 6.61 Å². The van der Waals surface area contributed by atoms with Gasteiger partial charge in [-0.1, -0.05) is 19.4 Å². The van der Waals surface area contributed by atoms with Crippen LogP contribution >= 0.6 is 0 Å². The van der Waals surface area contributed by atoms with Crippen LogP contribution in [0, 0.1) is 34.5 Å². The molecule has 0 amide bonds. The van der Waals surface area contributed by atoms with E-state index in [9.17, 15) is 29.4 Å². The number of aliphatic hydroxyl groups excluding tert-OH is 1. The van der Waals surface area contributed by atoms with Gasteiger partial charge in [0.2, 0.25) is 0 Å². The largest absolute Gasteiger partial charge is 1.00 e. The molecular weight excluding hydrogens is 435 g/mol. The summed E-state index contributed by atoms with van der Waals surface area (Å²) in [5, 5.41) is 21.8. The molecule has 3 fully saturated rings. The average Bonchev–Trinajstić information content (AvgIpc) is 3.07. The molecule has 7 nitrogen and oxygen atoms in total. The predicted molar refractivity (Wildman–Crippen MR) is 112 cm³/mol. The molecule has 176 valence electrons. The quantitative estimate of drug-likeness (QED) is 0.382. The van der Waals surface area contributed by atoms with Gasteiger partial charge in [-0.3, -0.25) is 14.4 Å². The molecule has 0 bridgehead atoms. The van der Waals surface area contributed by atoms with Gasteiger partial charge in [-0.2, -0.15) is 0 Å². The molecule has 3 saturated carbocycles. The smallest absolute Gasteiger partial charge is 0.550 e. The minimum Gasteiger partial charge on any atom is -0.550 e. The van der Waals surface area contributed by atoms with E-state index in [1.54, 1.807) is 0 Å². The molecule has 1 N–H and O–H groups in total. The number of fused-ring (bicyclic) bond motifs is 5. The van der Waals surface area contributed by atoms with Gasteiger partial charge >= 0.3 is 35.5 Å². The monoisotopic (exact) mass is 468 g/mol. The van der Waals surface area contributed by atoms with Gasteiger partial charge in [0.15, 0.2) is 11.6 Å². The third-order valence-corrected chi connectivity index (χ3v) is 9.19. The normalized spacial score (nSPS) is 39.3. The Balaban J connectivity index is 0.00000306. The Morgan fingerprint density at radius 2 is 1.88 bits per heavy atom. The molecule has 0 radical (unpaired) electrons. The van der Waals surface area contributed by atoms with Crippen LogP contribution in [-0.4, -0.2) is 41.3 Å². The Kier molecular flexibility index (Phi) is 7.99. The molecule has 7 unspecified atom stereocenters. The standard InChI is InChI=1S/C25H34O7.Na/c1-24-10-9-15(26)11-14(24)3-4-16-17-5-6-18(25(17,2)12-19(27)23(16)24)20(28)13-32-22(31)8-7-21(29)30;/h11,16-19,23,27H,3-10,12-13H2,1-2H3,(H,29,30);/q;+1/p-1. The number of carbonyl (C=O) groups excluding carboxylic acids is 4. The van der Waals surface area contributed by atoms with Crippen molar-refractivity contribution in [3.05, 3.63) is 11.6 Å². The molecule has 0 aromatic carbocycles. The van der Waals surface area contributed by atoms with Crippen LogP contribution in [-0.2, 0) is 23.9 Å². The fourth-order valence-corrected chi connectivity index (χ4v) is 7.74. The summed E-state index contributed by atoms with van der Waals surface area (Å²) in [7, 11) is 0. The molecule has 7 atom stereocenters. The summed E-state index contributed by atoms with van der Waals surface area (Å²) >= 11 is 0. The molecule has 4 rings (SSSR count). The number of ketones is 2. The summed E-state index contributed by atoms with van der Waals surface area (Å²) in [6, 6.07) is 0. The Labute approximate surface area is 217 Å². The van der Waals surface area contributed by atoms with Crippen molar-refractivity contribution in [3.63, 3.8) is 0 Å². The fraction of sp³-hybridized carbons (Fsp3) is 0.760. The van der Waals surface area contributed by atoms with E-state index in [1.807, 2.05) is 6.08 Å². The van der Waals surface area contributed by atoms with E-state index in [0.717, 1.165) is 25.7 Å². The van der Waals surface area contributed by atoms with Crippen molar-refractivity contribution in [3.8, 4) is 0 Å². The molecule has 0 aliphatic heterocycles. The van der Waals surface area contributed by atoms with Crippen molar-refractivity contribution in [2.45, 2.75) is 77.7 Å². The summed E-state index contributed by atoms with van der Waals surface area (Å²) in [6.07, 6.45) is 5.81. The summed E-state index contributed by atoms with van der Waals surface area (Å²) < 4.78 is 5.04. The summed E-state index contributed by atoms with van der Waals surface area (Å²) in [6.45, 7) is 3.95. The van der Waals surface area contributed by atoms with Gasteiger partial charge in [-0.25, -0.2) is 0 Å². The molecular formula is C25H33NaO7. The second-order valence-electron chi connectivity index (χ2n) is 10.8. The van der Waals surface area contributed by atoms with Crippen molar-refractivity contribution in [1.29, 1.82) is 0 Å². The molecule has 4 aliphatic rings. The first-order valence-corrected chi connectivity index (χ1v) is 11.9. The van der Waals surface area contributed by atoms with Gasteiger partial charge in [-0.15, -0.1) is 0 Å². The van der Waals surface area contributed by atoms with Crippen molar-refractivity contribution in [2.24, 2.45) is 34.5 Å². The summed E-state index contributed by atoms with van der Waals surface area (Å²) in [4.78, 5) is 47.2. The third-order valence-electron chi connectivity index (χ3n) is 9.19. The first-order valence-electron chi connectivity index (χ1n) is 11.9. The van der Waals surface area contributed by atoms with Gasteiger partial charge in [0.05, 0.1) is 12.5 Å². The second-order valence-corrected chi connectivity index (χ2v) is 10.8. The average molecular weight is 469 g/mol. The summed E-state index contributed by atoms with van der Waals surface area (Å²) in [5.41, 5.74) is 0.678. The molecule has 4 aliphatic carbocycles. The van der Waals surface area contributed by atoms with Gasteiger partial charge < -0.3 is 19.7 Å². The van der Waals surface area contributed by atoms with E-state index < -0.39 is 24.5 Å².